The van der Waals surface area contributed by atoms with Crippen LogP contribution in [0.15, 0.2) is 24.3 Å². The molecule has 0 aromatic heterocycles. The average Bonchev–Trinajstić information content (AvgIpc) is 2.17. The van der Waals surface area contributed by atoms with Crippen LogP contribution in [-0.2, 0) is 0 Å². The first-order valence-electron chi connectivity index (χ1n) is 5.18. The lowest BCUT2D eigenvalue weighted by Gasteiger charge is -2.16. The standard InChI is InChI=1S/C12H19NO2/c1-9(13)8-10(2)15-12-6-4-11(14-3)5-7-12/h4-7,9-10H,8,13H2,1-3H3. The Labute approximate surface area is 91.2 Å². The summed E-state index contributed by atoms with van der Waals surface area (Å²) >= 11 is 0. The van der Waals surface area contributed by atoms with Crippen molar-refractivity contribution in [3.05, 3.63) is 24.3 Å². The van der Waals surface area contributed by atoms with Gasteiger partial charge in [0.25, 0.3) is 0 Å². The number of rotatable bonds is 5. The van der Waals surface area contributed by atoms with Crippen LogP contribution in [-0.4, -0.2) is 19.3 Å². The Morgan fingerprint density at radius 2 is 1.67 bits per heavy atom. The first-order chi connectivity index (χ1) is 7.11. The first-order valence-corrected chi connectivity index (χ1v) is 5.18. The highest BCUT2D eigenvalue weighted by atomic mass is 16.5. The zero-order valence-corrected chi connectivity index (χ0v) is 9.57. The molecule has 0 amide bonds. The minimum Gasteiger partial charge on any atom is -0.497 e. The second kappa shape index (κ2) is 5.61. The van der Waals surface area contributed by atoms with Crippen molar-refractivity contribution >= 4 is 0 Å². The molecule has 0 spiro atoms. The predicted octanol–water partition coefficient (Wildman–Crippen LogP) is 2.20. The summed E-state index contributed by atoms with van der Waals surface area (Å²) < 4.78 is 10.8. The van der Waals surface area contributed by atoms with E-state index in [1.165, 1.54) is 0 Å². The fourth-order valence-corrected chi connectivity index (χ4v) is 1.46. The fourth-order valence-electron chi connectivity index (χ4n) is 1.46. The zero-order chi connectivity index (χ0) is 11.3. The highest BCUT2D eigenvalue weighted by Gasteiger charge is 2.06. The van der Waals surface area contributed by atoms with Gasteiger partial charge >= 0.3 is 0 Å². The fraction of sp³-hybridized carbons (Fsp3) is 0.500. The van der Waals surface area contributed by atoms with Crippen molar-refractivity contribution < 1.29 is 9.47 Å². The molecule has 0 saturated heterocycles. The first kappa shape index (κ1) is 11.9. The normalized spacial score (nSPS) is 14.4. The number of nitrogens with two attached hydrogens (primary N) is 1. The van der Waals surface area contributed by atoms with Gasteiger partial charge in [-0.25, -0.2) is 0 Å². The lowest BCUT2D eigenvalue weighted by Crippen LogP contribution is -2.24. The van der Waals surface area contributed by atoms with Gasteiger partial charge in [-0.15, -0.1) is 0 Å². The van der Waals surface area contributed by atoms with Gasteiger partial charge in [-0.2, -0.15) is 0 Å². The Bertz CT molecular complexity index is 282. The van der Waals surface area contributed by atoms with Crippen LogP contribution in [0.3, 0.4) is 0 Å². The summed E-state index contributed by atoms with van der Waals surface area (Å²) in [6.07, 6.45) is 0.991. The van der Waals surface area contributed by atoms with Crippen molar-refractivity contribution in [1.82, 2.24) is 0 Å². The molecule has 84 valence electrons. The van der Waals surface area contributed by atoms with E-state index in [0.29, 0.717) is 0 Å². The van der Waals surface area contributed by atoms with Gasteiger partial charge in [0, 0.05) is 6.04 Å². The summed E-state index contributed by atoms with van der Waals surface area (Å²) in [6.45, 7) is 4.00. The van der Waals surface area contributed by atoms with Crippen LogP contribution in [0.2, 0.25) is 0 Å². The Kier molecular flexibility index (Phi) is 4.43. The van der Waals surface area contributed by atoms with Crippen molar-refractivity contribution in [2.45, 2.75) is 32.4 Å². The molecule has 1 aromatic carbocycles. The van der Waals surface area contributed by atoms with Gasteiger partial charge in [0.15, 0.2) is 0 Å². The average molecular weight is 209 g/mol. The third-order valence-electron chi connectivity index (χ3n) is 2.10. The molecule has 0 radical (unpaired) electrons. The monoisotopic (exact) mass is 209 g/mol. The van der Waals surface area contributed by atoms with Crippen molar-refractivity contribution in [3.63, 3.8) is 0 Å². The Hall–Kier alpha value is -1.22. The van der Waals surface area contributed by atoms with E-state index in [-0.39, 0.29) is 12.1 Å². The van der Waals surface area contributed by atoms with Crippen molar-refractivity contribution in [2.75, 3.05) is 7.11 Å². The number of ether oxygens (including phenoxy) is 2. The minimum atomic E-state index is 0.137. The molecule has 0 heterocycles. The number of benzene rings is 1. The molecule has 0 saturated carbocycles. The van der Waals surface area contributed by atoms with E-state index in [1.54, 1.807) is 7.11 Å². The van der Waals surface area contributed by atoms with E-state index < -0.39 is 0 Å². The third kappa shape index (κ3) is 4.21. The predicted molar refractivity (Wildman–Crippen MR) is 61.4 cm³/mol. The molecule has 0 aliphatic carbocycles. The summed E-state index contributed by atoms with van der Waals surface area (Å²) in [5, 5.41) is 0. The topological polar surface area (TPSA) is 44.5 Å². The number of hydrogen-bond donors (Lipinski definition) is 1. The van der Waals surface area contributed by atoms with E-state index in [4.69, 9.17) is 15.2 Å². The summed E-state index contributed by atoms with van der Waals surface area (Å²) in [4.78, 5) is 0. The maximum Gasteiger partial charge on any atom is 0.119 e. The molecule has 2 atom stereocenters. The second-order valence-electron chi connectivity index (χ2n) is 3.82. The molecule has 3 nitrogen and oxygen atoms in total. The van der Waals surface area contributed by atoms with Crippen LogP contribution < -0.4 is 15.2 Å². The van der Waals surface area contributed by atoms with Crippen LogP contribution in [0.5, 0.6) is 11.5 Å². The molecule has 0 aliphatic heterocycles. The van der Waals surface area contributed by atoms with Gasteiger partial charge in [-0.1, -0.05) is 0 Å². The Balaban J connectivity index is 2.49. The summed E-state index contributed by atoms with van der Waals surface area (Å²) in [6, 6.07) is 7.73. The van der Waals surface area contributed by atoms with Crippen molar-refractivity contribution in [2.24, 2.45) is 5.73 Å². The van der Waals surface area contributed by atoms with Crippen LogP contribution >= 0.6 is 0 Å². The van der Waals surface area contributed by atoms with E-state index in [1.807, 2.05) is 38.1 Å². The molecule has 1 aromatic rings. The van der Waals surface area contributed by atoms with Gasteiger partial charge in [0.1, 0.15) is 11.5 Å². The maximum atomic E-state index is 5.69. The van der Waals surface area contributed by atoms with Crippen LogP contribution in [0, 0.1) is 0 Å². The maximum absolute atomic E-state index is 5.69. The summed E-state index contributed by atoms with van der Waals surface area (Å²) in [5.74, 6) is 1.69. The summed E-state index contributed by atoms with van der Waals surface area (Å²) in [7, 11) is 1.65. The SMILES string of the molecule is COc1ccc(OC(C)CC(C)N)cc1. The number of methoxy groups -OCH3 is 1. The quantitative estimate of drug-likeness (QED) is 0.808. The molecule has 2 N–H and O–H groups in total. The molecule has 15 heavy (non-hydrogen) atoms. The molecule has 3 heteroatoms. The highest BCUT2D eigenvalue weighted by Crippen LogP contribution is 2.18. The lowest BCUT2D eigenvalue weighted by atomic mass is 10.2. The van der Waals surface area contributed by atoms with E-state index in [9.17, 15) is 0 Å². The molecule has 0 bridgehead atoms. The van der Waals surface area contributed by atoms with Gasteiger partial charge in [-0.05, 0) is 44.5 Å². The third-order valence-corrected chi connectivity index (χ3v) is 2.10. The lowest BCUT2D eigenvalue weighted by molar-refractivity contribution is 0.203. The highest BCUT2D eigenvalue weighted by molar-refractivity contribution is 5.31. The van der Waals surface area contributed by atoms with Gasteiger partial charge in [-0.3, -0.25) is 0 Å². The Morgan fingerprint density at radius 1 is 1.13 bits per heavy atom. The zero-order valence-electron chi connectivity index (χ0n) is 9.57. The molecular weight excluding hydrogens is 190 g/mol. The molecule has 0 fully saturated rings. The van der Waals surface area contributed by atoms with E-state index in [0.717, 1.165) is 17.9 Å². The van der Waals surface area contributed by atoms with Crippen molar-refractivity contribution in [3.8, 4) is 11.5 Å². The van der Waals surface area contributed by atoms with Gasteiger partial charge in [0.05, 0.1) is 13.2 Å². The Morgan fingerprint density at radius 3 is 2.13 bits per heavy atom. The van der Waals surface area contributed by atoms with E-state index in [2.05, 4.69) is 0 Å². The summed E-state index contributed by atoms with van der Waals surface area (Å²) in [5.41, 5.74) is 5.69. The van der Waals surface area contributed by atoms with Crippen LogP contribution in [0.25, 0.3) is 0 Å². The van der Waals surface area contributed by atoms with Crippen LogP contribution in [0.1, 0.15) is 20.3 Å². The smallest absolute Gasteiger partial charge is 0.119 e. The van der Waals surface area contributed by atoms with Gasteiger partial charge < -0.3 is 15.2 Å². The molecule has 1 rings (SSSR count). The second-order valence-corrected chi connectivity index (χ2v) is 3.82. The largest absolute Gasteiger partial charge is 0.497 e. The molecular formula is C12H19NO2. The molecule has 0 aliphatic rings. The van der Waals surface area contributed by atoms with Gasteiger partial charge in [0.2, 0.25) is 0 Å². The van der Waals surface area contributed by atoms with Crippen molar-refractivity contribution in [1.29, 1.82) is 0 Å². The minimum absolute atomic E-state index is 0.137. The van der Waals surface area contributed by atoms with E-state index >= 15 is 0 Å². The van der Waals surface area contributed by atoms with Crippen LogP contribution in [0.4, 0.5) is 0 Å². The number of hydrogen-bond acceptors (Lipinski definition) is 3. The molecule has 2 unspecified atom stereocenters.